The molecule has 5 nitrogen and oxygen atoms in total. The average Bonchev–Trinajstić information content (AvgIpc) is 3.57. The first kappa shape index (κ1) is 22.5. The number of benzene rings is 3. The predicted molar refractivity (Wildman–Crippen MR) is 136 cm³/mol. The molecule has 5 heteroatoms. The molecule has 0 aliphatic carbocycles. The van der Waals surface area contributed by atoms with Gasteiger partial charge in [-0.25, -0.2) is 0 Å². The van der Waals surface area contributed by atoms with E-state index < -0.39 is 0 Å². The second-order valence-corrected chi connectivity index (χ2v) is 9.25. The number of hydrogen-bond acceptors (Lipinski definition) is 5. The molecule has 1 atom stereocenters. The van der Waals surface area contributed by atoms with Crippen LogP contribution in [-0.2, 0) is 13.1 Å². The maximum Gasteiger partial charge on any atom is 0.247 e. The molecule has 0 spiro atoms. The summed E-state index contributed by atoms with van der Waals surface area (Å²) in [5.41, 5.74) is 7.28. The number of nitrogens with one attached hydrogen (secondary N) is 1. The van der Waals surface area contributed by atoms with Crippen LogP contribution < -0.4 is 5.32 Å². The molecule has 34 heavy (non-hydrogen) atoms. The van der Waals surface area contributed by atoms with Crippen molar-refractivity contribution in [2.24, 2.45) is 0 Å². The van der Waals surface area contributed by atoms with E-state index in [1.165, 1.54) is 53.7 Å². The molecule has 1 aliphatic rings. The van der Waals surface area contributed by atoms with Crippen molar-refractivity contribution in [2.45, 2.75) is 45.8 Å². The molecule has 1 N–H and O–H groups in total. The lowest BCUT2D eigenvalue weighted by atomic mass is 9.98. The van der Waals surface area contributed by atoms with Crippen molar-refractivity contribution in [3.63, 3.8) is 0 Å². The van der Waals surface area contributed by atoms with E-state index in [9.17, 15) is 0 Å². The minimum Gasteiger partial charge on any atom is -0.419 e. The Labute approximate surface area is 201 Å². The minimum absolute atomic E-state index is 0.0532. The van der Waals surface area contributed by atoms with E-state index >= 15 is 0 Å². The van der Waals surface area contributed by atoms with Gasteiger partial charge in [-0.2, -0.15) is 0 Å². The van der Waals surface area contributed by atoms with Crippen LogP contribution in [0.3, 0.4) is 0 Å². The first-order valence-corrected chi connectivity index (χ1v) is 12.2. The van der Waals surface area contributed by atoms with E-state index in [-0.39, 0.29) is 6.04 Å². The molecule has 1 saturated heterocycles. The van der Waals surface area contributed by atoms with Gasteiger partial charge in [0.25, 0.3) is 0 Å². The highest BCUT2D eigenvalue weighted by Gasteiger charge is 2.16. The highest BCUT2D eigenvalue weighted by Crippen LogP contribution is 2.26. The van der Waals surface area contributed by atoms with E-state index in [0.29, 0.717) is 11.8 Å². The van der Waals surface area contributed by atoms with Crippen molar-refractivity contribution >= 4 is 0 Å². The minimum atomic E-state index is -0.0532. The lowest BCUT2D eigenvalue weighted by Gasteiger charge is -2.16. The zero-order chi connectivity index (χ0) is 23.3. The highest BCUT2D eigenvalue weighted by atomic mass is 16.4. The van der Waals surface area contributed by atoms with Crippen LogP contribution in [0.15, 0.2) is 77.2 Å². The molecule has 0 radical (unpaired) electrons. The largest absolute Gasteiger partial charge is 0.419 e. The number of aryl methyl sites for hydroxylation is 1. The van der Waals surface area contributed by atoms with Gasteiger partial charge in [0.05, 0.1) is 6.04 Å². The molecule has 0 unspecified atom stereocenters. The summed E-state index contributed by atoms with van der Waals surface area (Å²) in [6.45, 7) is 8.34. The van der Waals surface area contributed by atoms with Crippen LogP contribution in [-0.4, -0.2) is 28.2 Å². The molecule has 1 fully saturated rings. The zero-order valence-electron chi connectivity index (χ0n) is 20.0. The Balaban J connectivity index is 1.25. The normalized spacial score (nSPS) is 15.0. The van der Waals surface area contributed by atoms with Gasteiger partial charge >= 0.3 is 0 Å². The smallest absolute Gasteiger partial charge is 0.247 e. The standard InChI is InChI=1S/C29H32N4O/c1-21-9-13-25(14-10-21)29-32-31-28(34-29)22(2)30-19-26-7-3-4-8-27(26)24-15-11-23(12-16-24)20-33-17-5-6-18-33/h3-4,7-16,22,30H,5-6,17-20H2,1-2H3/t22-/m0/s1. The SMILES string of the molecule is Cc1ccc(-c2nnc([C@H](C)NCc3ccccc3-c3ccc(CN4CCCC4)cc3)o2)cc1. The molecule has 4 aromatic rings. The number of nitrogens with zero attached hydrogens (tertiary/aromatic N) is 3. The third kappa shape index (κ3) is 5.27. The molecule has 2 heterocycles. The van der Waals surface area contributed by atoms with E-state index in [0.717, 1.165) is 18.7 Å². The van der Waals surface area contributed by atoms with E-state index in [1.807, 2.05) is 12.1 Å². The van der Waals surface area contributed by atoms with Crippen molar-refractivity contribution in [1.82, 2.24) is 20.4 Å². The molecule has 0 saturated carbocycles. The van der Waals surface area contributed by atoms with Crippen LogP contribution in [0.2, 0.25) is 0 Å². The summed E-state index contributed by atoms with van der Waals surface area (Å²) in [6.07, 6.45) is 2.65. The zero-order valence-corrected chi connectivity index (χ0v) is 20.0. The number of likely N-dealkylation sites (tertiary alicyclic amines) is 1. The molecular weight excluding hydrogens is 420 g/mol. The van der Waals surface area contributed by atoms with Crippen molar-refractivity contribution in [2.75, 3.05) is 13.1 Å². The Hall–Kier alpha value is -3.28. The van der Waals surface area contributed by atoms with Gasteiger partial charge < -0.3 is 9.73 Å². The van der Waals surface area contributed by atoms with Crippen LogP contribution in [0.4, 0.5) is 0 Å². The summed E-state index contributed by atoms with van der Waals surface area (Å²) in [7, 11) is 0. The van der Waals surface area contributed by atoms with Crippen LogP contribution >= 0.6 is 0 Å². The molecule has 3 aromatic carbocycles. The van der Waals surface area contributed by atoms with Crippen LogP contribution in [0.5, 0.6) is 0 Å². The predicted octanol–water partition coefficient (Wildman–Crippen LogP) is 6.16. The molecule has 5 rings (SSSR count). The van der Waals surface area contributed by atoms with Gasteiger partial charge in [-0.15, -0.1) is 10.2 Å². The van der Waals surface area contributed by atoms with Gasteiger partial charge in [-0.05, 0) is 74.2 Å². The fourth-order valence-corrected chi connectivity index (χ4v) is 4.52. The van der Waals surface area contributed by atoms with Gasteiger partial charge in [0.15, 0.2) is 0 Å². The second kappa shape index (κ2) is 10.3. The van der Waals surface area contributed by atoms with Crippen molar-refractivity contribution < 1.29 is 4.42 Å². The number of hydrogen-bond donors (Lipinski definition) is 1. The number of aromatic nitrogens is 2. The fraction of sp³-hybridized carbons (Fsp3) is 0.310. The topological polar surface area (TPSA) is 54.2 Å². The van der Waals surface area contributed by atoms with Crippen LogP contribution in [0.25, 0.3) is 22.6 Å². The first-order chi connectivity index (χ1) is 16.7. The maximum absolute atomic E-state index is 5.95. The van der Waals surface area contributed by atoms with Gasteiger partial charge in [0.2, 0.25) is 11.8 Å². The Bertz CT molecular complexity index is 1210. The van der Waals surface area contributed by atoms with Crippen LogP contribution in [0, 0.1) is 6.92 Å². The third-order valence-electron chi connectivity index (χ3n) is 6.60. The van der Waals surface area contributed by atoms with Gasteiger partial charge in [-0.1, -0.05) is 66.2 Å². The van der Waals surface area contributed by atoms with Crippen LogP contribution in [0.1, 0.15) is 48.4 Å². The molecule has 0 amide bonds. The van der Waals surface area contributed by atoms with E-state index in [4.69, 9.17) is 4.42 Å². The third-order valence-corrected chi connectivity index (χ3v) is 6.60. The highest BCUT2D eigenvalue weighted by molar-refractivity contribution is 5.67. The lowest BCUT2D eigenvalue weighted by Crippen LogP contribution is -2.19. The van der Waals surface area contributed by atoms with Crippen molar-refractivity contribution in [1.29, 1.82) is 0 Å². The molecular formula is C29H32N4O. The Morgan fingerprint density at radius 1 is 0.882 bits per heavy atom. The molecule has 0 bridgehead atoms. The summed E-state index contributed by atoms with van der Waals surface area (Å²) in [4.78, 5) is 2.54. The first-order valence-electron chi connectivity index (χ1n) is 12.2. The maximum atomic E-state index is 5.95. The van der Waals surface area contributed by atoms with Crippen molar-refractivity contribution in [3.05, 3.63) is 95.4 Å². The quantitative estimate of drug-likeness (QED) is 0.347. The lowest BCUT2D eigenvalue weighted by molar-refractivity contribution is 0.331. The molecule has 174 valence electrons. The average molecular weight is 453 g/mol. The Kier molecular flexibility index (Phi) is 6.84. The van der Waals surface area contributed by atoms with E-state index in [1.54, 1.807) is 0 Å². The summed E-state index contributed by atoms with van der Waals surface area (Å²) in [5.74, 6) is 1.15. The summed E-state index contributed by atoms with van der Waals surface area (Å²) in [5, 5.41) is 12.1. The Morgan fingerprint density at radius 3 is 2.35 bits per heavy atom. The fourth-order valence-electron chi connectivity index (χ4n) is 4.52. The Morgan fingerprint density at radius 2 is 1.59 bits per heavy atom. The second-order valence-electron chi connectivity index (χ2n) is 9.25. The molecule has 1 aliphatic heterocycles. The summed E-state index contributed by atoms with van der Waals surface area (Å²) in [6, 6.07) is 25.7. The summed E-state index contributed by atoms with van der Waals surface area (Å²) < 4.78 is 5.95. The van der Waals surface area contributed by atoms with Gasteiger partial charge in [-0.3, -0.25) is 4.90 Å². The van der Waals surface area contributed by atoms with E-state index in [2.05, 4.69) is 94.9 Å². The monoisotopic (exact) mass is 452 g/mol. The van der Waals surface area contributed by atoms with Gasteiger partial charge in [0.1, 0.15) is 0 Å². The van der Waals surface area contributed by atoms with Gasteiger partial charge in [0, 0.05) is 18.7 Å². The summed E-state index contributed by atoms with van der Waals surface area (Å²) >= 11 is 0. The molecule has 1 aromatic heterocycles. The number of rotatable bonds is 8. The van der Waals surface area contributed by atoms with Crippen molar-refractivity contribution in [3.8, 4) is 22.6 Å².